The van der Waals surface area contributed by atoms with Crippen LogP contribution in [0, 0.1) is 10.1 Å². The van der Waals surface area contributed by atoms with Crippen molar-refractivity contribution in [1.82, 2.24) is 9.55 Å². The standard InChI is InChI=1S/C22H17N3O4S/c1-29-18-11-9-16(10-12-18)24-21(26)19-7-2-3-8-20(19)23-22(24)30-14-15-5-4-6-17(13-15)25(27)28/h2-13H,14H2,1H3. The van der Waals surface area contributed by atoms with Crippen LogP contribution in [0.1, 0.15) is 5.56 Å². The van der Waals surface area contributed by atoms with E-state index in [4.69, 9.17) is 4.74 Å². The van der Waals surface area contributed by atoms with E-state index in [9.17, 15) is 14.9 Å². The molecule has 1 heterocycles. The van der Waals surface area contributed by atoms with Crippen molar-refractivity contribution in [2.24, 2.45) is 0 Å². The number of non-ortho nitro benzene ring substituents is 1. The van der Waals surface area contributed by atoms with Gasteiger partial charge in [0.25, 0.3) is 11.2 Å². The van der Waals surface area contributed by atoms with Gasteiger partial charge < -0.3 is 4.74 Å². The van der Waals surface area contributed by atoms with Crippen LogP contribution in [-0.2, 0) is 5.75 Å². The molecule has 4 aromatic rings. The van der Waals surface area contributed by atoms with Gasteiger partial charge in [0.15, 0.2) is 5.16 Å². The average molecular weight is 419 g/mol. The van der Waals surface area contributed by atoms with Crippen LogP contribution in [0.2, 0.25) is 0 Å². The maximum Gasteiger partial charge on any atom is 0.269 e. The summed E-state index contributed by atoms with van der Waals surface area (Å²) >= 11 is 1.35. The molecule has 0 saturated heterocycles. The summed E-state index contributed by atoms with van der Waals surface area (Å²) < 4.78 is 6.77. The molecule has 0 radical (unpaired) electrons. The fourth-order valence-corrected chi connectivity index (χ4v) is 4.03. The number of hydrogen-bond acceptors (Lipinski definition) is 6. The van der Waals surface area contributed by atoms with E-state index < -0.39 is 4.92 Å². The fraction of sp³-hybridized carbons (Fsp3) is 0.0909. The molecule has 4 rings (SSSR count). The monoisotopic (exact) mass is 419 g/mol. The predicted octanol–water partition coefficient (Wildman–Crippen LogP) is 4.59. The Morgan fingerprint density at radius 2 is 1.83 bits per heavy atom. The van der Waals surface area contributed by atoms with Crippen LogP contribution in [0.5, 0.6) is 5.75 Å². The summed E-state index contributed by atoms with van der Waals surface area (Å²) in [6.45, 7) is 0. The van der Waals surface area contributed by atoms with Crippen LogP contribution in [0.25, 0.3) is 16.6 Å². The second kappa shape index (κ2) is 8.38. The largest absolute Gasteiger partial charge is 0.497 e. The van der Waals surface area contributed by atoms with Crippen molar-refractivity contribution in [2.75, 3.05) is 7.11 Å². The molecule has 150 valence electrons. The fourth-order valence-electron chi connectivity index (χ4n) is 3.08. The van der Waals surface area contributed by atoms with E-state index in [0.717, 1.165) is 5.56 Å². The van der Waals surface area contributed by atoms with Gasteiger partial charge in [-0.3, -0.25) is 19.5 Å². The number of thioether (sulfide) groups is 1. The minimum Gasteiger partial charge on any atom is -0.497 e. The second-order valence-electron chi connectivity index (χ2n) is 6.47. The first-order valence-corrected chi connectivity index (χ1v) is 10.1. The number of aromatic nitrogens is 2. The van der Waals surface area contributed by atoms with Crippen molar-refractivity contribution in [2.45, 2.75) is 10.9 Å². The highest BCUT2D eigenvalue weighted by Crippen LogP contribution is 2.26. The van der Waals surface area contributed by atoms with Gasteiger partial charge >= 0.3 is 0 Å². The average Bonchev–Trinajstić information content (AvgIpc) is 2.78. The lowest BCUT2D eigenvalue weighted by Crippen LogP contribution is -2.21. The second-order valence-corrected chi connectivity index (χ2v) is 7.41. The number of fused-ring (bicyclic) bond motifs is 1. The molecule has 3 aromatic carbocycles. The molecule has 0 spiro atoms. The highest BCUT2D eigenvalue weighted by atomic mass is 32.2. The van der Waals surface area contributed by atoms with Gasteiger partial charge in [-0.15, -0.1) is 0 Å². The summed E-state index contributed by atoms with van der Waals surface area (Å²) in [7, 11) is 1.58. The summed E-state index contributed by atoms with van der Waals surface area (Å²) in [6, 6.07) is 20.8. The molecule has 0 bridgehead atoms. The quantitative estimate of drug-likeness (QED) is 0.197. The lowest BCUT2D eigenvalue weighted by molar-refractivity contribution is -0.384. The van der Waals surface area contributed by atoms with E-state index in [2.05, 4.69) is 4.98 Å². The number of nitro groups is 1. The smallest absolute Gasteiger partial charge is 0.269 e. The molecule has 30 heavy (non-hydrogen) atoms. The number of ether oxygens (including phenoxy) is 1. The number of para-hydroxylation sites is 1. The first-order chi connectivity index (χ1) is 14.6. The molecule has 0 aliphatic rings. The van der Waals surface area contributed by atoms with Gasteiger partial charge in [-0.05, 0) is 42.0 Å². The van der Waals surface area contributed by atoms with Crippen molar-refractivity contribution in [3.63, 3.8) is 0 Å². The molecule has 0 unspecified atom stereocenters. The van der Waals surface area contributed by atoms with Gasteiger partial charge in [-0.1, -0.05) is 36.0 Å². The first-order valence-electron chi connectivity index (χ1n) is 9.09. The SMILES string of the molecule is COc1ccc(-n2c(SCc3cccc([N+](=O)[O-])c3)nc3ccccc3c2=O)cc1. The molecule has 0 aliphatic heterocycles. The molecule has 0 N–H and O–H groups in total. The molecule has 0 saturated carbocycles. The van der Waals surface area contributed by atoms with Gasteiger partial charge in [-0.25, -0.2) is 4.98 Å². The zero-order valence-electron chi connectivity index (χ0n) is 16.0. The Kier molecular flexibility index (Phi) is 5.49. The first kappa shape index (κ1) is 19.7. The van der Waals surface area contributed by atoms with E-state index in [1.165, 1.54) is 23.9 Å². The van der Waals surface area contributed by atoms with Gasteiger partial charge in [0.05, 0.1) is 28.6 Å². The van der Waals surface area contributed by atoms with Gasteiger partial charge in [0, 0.05) is 17.9 Å². The number of benzene rings is 3. The van der Waals surface area contributed by atoms with Crippen molar-refractivity contribution >= 4 is 28.4 Å². The van der Waals surface area contributed by atoms with Crippen LogP contribution < -0.4 is 10.3 Å². The van der Waals surface area contributed by atoms with Gasteiger partial charge in [0.2, 0.25) is 0 Å². The van der Waals surface area contributed by atoms with Crippen molar-refractivity contribution in [3.8, 4) is 11.4 Å². The number of hydrogen-bond donors (Lipinski definition) is 0. The van der Waals surface area contributed by atoms with Gasteiger partial charge in [-0.2, -0.15) is 0 Å². The maximum atomic E-state index is 13.2. The molecule has 0 amide bonds. The number of methoxy groups -OCH3 is 1. The lowest BCUT2D eigenvalue weighted by atomic mass is 10.2. The third-order valence-corrected chi connectivity index (χ3v) is 5.57. The van der Waals surface area contributed by atoms with E-state index in [1.807, 2.05) is 12.1 Å². The van der Waals surface area contributed by atoms with E-state index in [1.54, 1.807) is 60.2 Å². The summed E-state index contributed by atoms with van der Waals surface area (Å²) in [5.74, 6) is 1.12. The van der Waals surface area contributed by atoms with Crippen LogP contribution in [0.4, 0.5) is 5.69 Å². The Bertz CT molecular complexity index is 1290. The molecule has 0 fully saturated rings. The van der Waals surface area contributed by atoms with E-state index in [0.29, 0.717) is 33.2 Å². The highest BCUT2D eigenvalue weighted by Gasteiger charge is 2.14. The lowest BCUT2D eigenvalue weighted by Gasteiger charge is -2.13. The van der Waals surface area contributed by atoms with Crippen molar-refractivity contribution in [1.29, 1.82) is 0 Å². The Hall–Kier alpha value is -3.65. The Balaban J connectivity index is 1.78. The normalized spacial score (nSPS) is 10.8. The predicted molar refractivity (Wildman–Crippen MR) is 117 cm³/mol. The maximum absolute atomic E-state index is 13.2. The molecular weight excluding hydrogens is 402 g/mol. The Morgan fingerprint density at radius 3 is 2.57 bits per heavy atom. The van der Waals surface area contributed by atoms with E-state index in [-0.39, 0.29) is 11.2 Å². The number of nitro benzene ring substituents is 1. The zero-order chi connectivity index (χ0) is 21.1. The Labute approximate surface area is 176 Å². The van der Waals surface area contributed by atoms with Crippen LogP contribution in [-0.4, -0.2) is 21.6 Å². The number of rotatable bonds is 6. The van der Waals surface area contributed by atoms with Gasteiger partial charge in [0.1, 0.15) is 5.75 Å². The van der Waals surface area contributed by atoms with Crippen LogP contribution in [0.3, 0.4) is 0 Å². The summed E-state index contributed by atoms with van der Waals surface area (Å²) in [6.07, 6.45) is 0. The van der Waals surface area contributed by atoms with Crippen LogP contribution >= 0.6 is 11.8 Å². The molecule has 8 heteroatoms. The molecule has 7 nitrogen and oxygen atoms in total. The molecule has 0 atom stereocenters. The highest BCUT2D eigenvalue weighted by molar-refractivity contribution is 7.98. The van der Waals surface area contributed by atoms with Crippen molar-refractivity contribution < 1.29 is 9.66 Å². The van der Waals surface area contributed by atoms with Crippen LogP contribution in [0.15, 0.2) is 82.7 Å². The van der Waals surface area contributed by atoms with Crippen molar-refractivity contribution in [3.05, 3.63) is 98.8 Å². The zero-order valence-corrected chi connectivity index (χ0v) is 16.8. The third kappa shape index (κ3) is 3.90. The number of nitrogens with zero attached hydrogens (tertiary/aromatic N) is 3. The summed E-state index contributed by atoms with van der Waals surface area (Å²) in [5.41, 5.74) is 1.91. The molecule has 1 aromatic heterocycles. The summed E-state index contributed by atoms with van der Waals surface area (Å²) in [5, 5.41) is 12.1. The minimum atomic E-state index is -0.421. The summed E-state index contributed by atoms with van der Waals surface area (Å²) in [4.78, 5) is 28.6. The molecular formula is C22H17N3O4S. The van der Waals surface area contributed by atoms with E-state index >= 15 is 0 Å². The molecule has 0 aliphatic carbocycles. The third-order valence-electron chi connectivity index (χ3n) is 4.56. The minimum absolute atomic E-state index is 0.0344. The topological polar surface area (TPSA) is 87.3 Å². The Morgan fingerprint density at radius 1 is 1.07 bits per heavy atom.